The first kappa shape index (κ1) is 13.2. The lowest BCUT2D eigenvalue weighted by molar-refractivity contribution is 0.190. The zero-order chi connectivity index (χ0) is 9.94. The lowest BCUT2D eigenvalue weighted by atomic mass is 10.0. The predicted molar refractivity (Wildman–Crippen MR) is 61.7 cm³/mol. The van der Waals surface area contributed by atoms with Crippen molar-refractivity contribution in [2.75, 3.05) is 0 Å². The van der Waals surface area contributed by atoms with Gasteiger partial charge in [0.15, 0.2) is 10.5 Å². The Labute approximate surface area is 86.8 Å². The van der Waals surface area contributed by atoms with E-state index in [1.54, 1.807) is 10.5 Å². The maximum absolute atomic E-state index is 5.47. The van der Waals surface area contributed by atoms with E-state index in [1.807, 2.05) is 0 Å². The van der Waals surface area contributed by atoms with Crippen molar-refractivity contribution in [2.24, 2.45) is 0 Å². The molecule has 0 unspecified atom stereocenters. The summed E-state index contributed by atoms with van der Waals surface area (Å²) >= 11 is 0. The molecule has 79 valence electrons. The van der Waals surface area contributed by atoms with Gasteiger partial charge in [-0.2, -0.15) is 0 Å². The van der Waals surface area contributed by atoms with E-state index >= 15 is 0 Å². The summed E-state index contributed by atoms with van der Waals surface area (Å²) in [6, 6.07) is 0. The molecule has 0 aliphatic heterocycles. The van der Waals surface area contributed by atoms with Crippen LogP contribution in [0.5, 0.6) is 0 Å². The fraction of sp³-hybridized carbons (Fsp3) is 1.00. The topological polar surface area (TPSA) is 9.23 Å². The highest BCUT2D eigenvalue weighted by Gasteiger charge is 2.04. The van der Waals surface area contributed by atoms with Gasteiger partial charge in [0.05, 0.1) is 0 Å². The first-order valence-electron chi connectivity index (χ1n) is 5.76. The molecule has 0 aromatic heterocycles. The summed E-state index contributed by atoms with van der Waals surface area (Å²) in [5.74, 6) is 0. The molecule has 13 heavy (non-hydrogen) atoms. The van der Waals surface area contributed by atoms with Crippen LogP contribution in [0.15, 0.2) is 0 Å². The third-order valence-corrected chi connectivity index (χ3v) is 2.97. The highest BCUT2D eigenvalue weighted by Crippen LogP contribution is 2.12. The molecule has 2 heteroatoms. The third kappa shape index (κ3) is 8.51. The second kappa shape index (κ2) is 10.3. The molecule has 0 heterocycles. The van der Waals surface area contributed by atoms with E-state index < -0.39 is 0 Å². The second-order valence-electron chi connectivity index (χ2n) is 3.78. The van der Waals surface area contributed by atoms with Gasteiger partial charge in [-0.15, -0.1) is 0 Å². The molecule has 0 saturated carbocycles. The molecule has 0 saturated heterocycles. The standard InChI is InChI=1S/C11H25OSi/c1-3-5-7-9-11(12-13)10-8-6-4-2/h11H,3-10,13H2,1-2H3. The molecule has 0 rings (SSSR count). The SMILES string of the molecule is CCCCCC(CCCCC)O[SiH2]. The zero-order valence-corrected chi connectivity index (χ0v) is 10.8. The van der Waals surface area contributed by atoms with Crippen LogP contribution in [0.25, 0.3) is 0 Å². The van der Waals surface area contributed by atoms with Crippen molar-refractivity contribution < 1.29 is 4.43 Å². The van der Waals surface area contributed by atoms with Gasteiger partial charge in [0, 0.05) is 6.10 Å². The van der Waals surface area contributed by atoms with E-state index in [1.165, 1.54) is 51.4 Å². The van der Waals surface area contributed by atoms with Gasteiger partial charge < -0.3 is 4.43 Å². The van der Waals surface area contributed by atoms with Crippen molar-refractivity contribution in [3.8, 4) is 0 Å². The fourth-order valence-corrected chi connectivity index (χ4v) is 1.89. The quantitative estimate of drug-likeness (QED) is 0.411. The summed E-state index contributed by atoms with van der Waals surface area (Å²) in [4.78, 5) is 0. The van der Waals surface area contributed by atoms with E-state index in [2.05, 4.69) is 13.8 Å². The average Bonchev–Trinajstić information content (AvgIpc) is 2.16. The molecular weight excluding hydrogens is 176 g/mol. The Morgan fingerprint density at radius 2 is 1.38 bits per heavy atom. The Morgan fingerprint density at radius 1 is 0.923 bits per heavy atom. The fourth-order valence-electron chi connectivity index (χ4n) is 1.56. The third-order valence-electron chi connectivity index (χ3n) is 2.50. The minimum atomic E-state index is 0.538. The number of hydrogen-bond donors (Lipinski definition) is 0. The van der Waals surface area contributed by atoms with Gasteiger partial charge in [-0.25, -0.2) is 0 Å². The average molecular weight is 201 g/mol. The molecule has 0 aromatic carbocycles. The second-order valence-corrected chi connectivity index (χ2v) is 4.11. The number of rotatable bonds is 9. The summed E-state index contributed by atoms with van der Waals surface area (Å²) in [5.41, 5.74) is 0. The van der Waals surface area contributed by atoms with Crippen molar-refractivity contribution in [2.45, 2.75) is 71.3 Å². The monoisotopic (exact) mass is 201 g/mol. The van der Waals surface area contributed by atoms with Crippen molar-refractivity contribution >= 4 is 10.5 Å². The number of hydrogen-bond acceptors (Lipinski definition) is 1. The van der Waals surface area contributed by atoms with Gasteiger partial charge in [0.2, 0.25) is 0 Å². The van der Waals surface area contributed by atoms with Gasteiger partial charge in [-0.1, -0.05) is 52.4 Å². The zero-order valence-electron chi connectivity index (χ0n) is 9.35. The van der Waals surface area contributed by atoms with Crippen molar-refractivity contribution in [3.05, 3.63) is 0 Å². The van der Waals surface area contributed by atoms with Crippen LogP contribution in [0.1, 0.15) is 65.2 Å². The Hall–Kier alpha value is 0.177. The van der Waals surface area contributed by atoms with Gasteiger partial charge in [-0.3, -0.25) is 0 Å². The molecular formula is C11H25OSi. The molecule has 0 amide bonds. The van der Waals surface area contributed by atoms with Crippen LogP contribution in [0.2, 0.25) is 0 Å². The van der Waals surface area contributed by atoms with Crippen LogP contribution in [0.3, 0.4) is 0 Å². The Morgan fingerprint density at radius 3 is 1.69 bits per heavy atom. The maximum Gasteiger partial charge on any atom is 0.175 e. The molecule has 0 aliphatic rings. The highest BCUT2D eigenvalue weighted by molar-refractivity contribution is 5.98. The summed E-state index contributed by atoms with van der Waals surface area (Å²) in [6.45, 7) is 4.50. The minimum Gasteiger partial charge on any atom is -0.422 e. The lowest BCUT2D eigenvalue weighted by Crippen LogP contribution is -2.10. The molecule has 0 atom stereocenters. The summed E-state index contributed by atoms with van der Waals surface area (Å²) in [6.07, 6.45) is 11.1. The summed E-state index contributed by atoms with van der Waals surface area (Å²) < 4.78 is 5.47. The van der Waals surface area contributed by atoms with Gasteiger partial charge in [0.25, 0.3) is 0 Å². The van der Waals surface area contributed by atoms with Crippen LogP contribution in [-0.2, 0) is 4.43 Å². The molecule has 0 spiro atoms. The molecule has 0 aliphatic carbocycles. The van der Waals surface area contributed by atoms with Crippen molar-refractivity contribution in [1.82, 2.24) is 0 Å². The molecule has 0 N–H and O–H groups in total. The van der Waals surface area contributed by atoms with Crippen LogP contribution >= 0.6 is 0 Å². The highest BCUT2D eigenvalue weighted by atomic mass is 28.2. The van der Waals surface area contributed by atoms with Crippen LogP contribution in [-0.4, -0.2) is 16.6 Å². The van der Waals surface area contributed by atoms with Crippen molar-refractivity contribution in [3.63, 3.8) is 0 Å². The first-order chi connectivity index (χ1) is 6.35. The van der Waals surface area contributed by atoms with Crippen molar-refractivity contribution in [1.29, 1.82) is 0 Å². The predicted octanol–water partition coefficient (Wildman–Crippen LogP) is 3.08. The molecule has 0 fully saturated rings. The normalized spacial score (nSPS) is 11.1. The molecule has 1 nitrogen and oxygen atoms in total. The lowest BCUT2D eigenvalue weighted by Gasteiger charge is -2.15. The Balaban J connectivity index is 3.28. The Kier molecular flexibility index (Phi) is 10.4. The van der Waals surface area contributed by atoms with Gasteiger partial charge in [0.1, 0.15) is 0 Å². The molecule has 0 aromatic rings. The Bertz CT molecular complexity index is 86.1. The van der Waals surface area contributed by atoms with E-state index in [0.717, 1.165) is 0 Å². The van der Waals surface area contributed by atoms with E-state index in [0.29, 0.717) is 6.10 Å². The van der Waals surface area contributed by atoms with Crippen LogP contribution in [0, 0.1) is 0 Å². The maximum atomic E-state index is 5.47. The number of unbranched alkanes of at least 4 members (excludes halogenated alkanes) is 4. The van der Waals surface area contributed by atoms with E-state index in [-0.39, 0.29) is 0 Å². The van der Waals surface area contributed by atoms with E-state index in [4.69, 9.17) is 4.43 Å². The summed E-state index contributed by atoms with van der Waals surface area (Å²) in [7, 11) is 1.66. The first-order valence-corrected chi connectivity index (χ1v) is 6.33. The van der Waals surface area contributed by atoms with E-state index in [9.17, 15) is 0 Å². The smallest absolute Gasteiger partial charge is 0.175 e. The molecule has 1 radical (unpaired) electrons. The van der Waals surface area contributed by atoms with Gasteiger partial charge in [-0.05, 0) is 12.8 Å². The van der Waals surface area contributed by atoms with Gasteiger partial charge >= 0.3 is 0 Å². The van der Waals surface area contributed by atoms with Crippen LogP contribution in [0.4, 0.5) is 0 Å². The minimum absolute atomic E-state index is 0.538. The summed E-state index contributed by atoms with van der Waals surface area (Å²) in [5, 5.41) is 0. The molecule has 0 bridgehead atoms. The largest absolute Gasteiger partial charge is 0.422 e. The van der Waals surface area contributed by atoms with Crippen LogP contribution < -0.4 is 0 Å².